The highest BCUT2D eigenvalue weighted by Gasteiger charge is 2.29. The normalized spacial score (nSPS) is 15.7. The minimum atomic E-state index is -1.82. The lowest BCUT2D eigenvalue weighted by Gasteiger charge is -2.32. The fourth-order valence-corrected chi connectivity index (χ4v) is 3.67. The van der Waals surface area contributed by atoms with Gasteiger partial charge in [-0.25, -0.2) is 4.79 Å². The van der Waals surface area contributed by atoms with E-state index < -0.39 is 14.2 Å². The maximum Gasteiger partial charge on any atom is 0.414 e. The molecule has 0 heterocycles. The van der Waals surface area contributed by atoms with E-state index in [4.69, 9.17) is 4.74 Å². The van der Waals surface area contributed by atoms with Gasteiger partial charge in [0.15, 0.2) is 0 Å². The first kappa shape index (κ1) is 22.2. The third kappa shape index (κ3) is 7.53. The molecule has 0 saturated heterocycles. The van der Waals surface area contributed by atoms with Crippen LogP contribution in [0.4, 0.5) is 4.79 Å². The van der Waals surface area contributed by atoms with Gasteiger partial charge in [-0.3, -0.25) is 0 Å². The predicted octanol–water partition coefficient (Wildman–Crippen LogP) is 4.80. The summed E-state index contributed by atoms with van der Waals surface area (Å²) < 4.78 is 5.80. The van der Waals surface area contributed by atoms with Crippen LogP contribution in [0.15, 0.2) is 11.5 Å². The average Bonchev–Trinajstić information content (AvgIpc) is 2.35. The molecule has 23 heavy (non-hydrogen) atoms. The van der Waals surface area contributed by atoms with Crippen molar-refractivity contribution in [1.82, 2.24) is 4.90 Å². The van der Waals surface area contributed by atoms with Gasteiger partial charge in [0, 0.05) is 18.0 Å². The second-order valence-corrected chi connectivity index (χ2v) is 13.0. The summed E-state index contributed by atoms with van der Waals surface area (Å²) in [6.07, 6.45) is 2.98. The molecule has 0 saturated carbocycles. The molecule has 0 aliphatic carbocycles. The van der Waals surface area contributed by atoms with E-state index >= 15 is 0 Å². The van der Waals surface area contributed by atoms with Gasteiger partial charge >= 0.3 is 6.09 Å². The zero-order chi connectivity index (χ0) is 18.4. The van der Waals surface area contributed by atoms with Gasteiger partial charge in [-0.15, -0.1) is 0 Å². The lowest BCUT2D eigenvalue weighted by molar-refractivity contribution is 0.102. The Balaban J connectivity index is 5.33. The Kier molecular flexibility index (Phi) is 9.14. The van der Waals surface area contributed by atoms with Gasteiger partial charge in [0.05, 0.1) is 11.5 Å². The van der Waals surface area contributed by atoms with Gasteiger partial charge in [-0.05, 0) is 40.2 Å². The Morgan fingerprint density at radius 3 is 1.96 bits per heavy atom. The van der Waals surface area contributed by atoms with Crippen LogP contribution in [0.2, 0.25) is 19.6 Å². The van der Waals surface area contributed by atoms with Gasteiger partial charge in [-0.1, -0.05) is 39.9 Å². The zero-order valence-electron chi connectivity index (χ0n) is 16.5. The van der Waals surface area contributed by atoms with Gasteiger partial charge < -0.3 is 14.7 Å². The highest BCUT2D eigenvalue weighted by Crippen LogP contribution is 2.23. The molecule has 0 unspecified atom stereocenters. The first-order valence-corrected chi connectivity index (χ1v) is 12.3. The number of nitrogens with zero attached hydrogens (tertiary/aromatic N) is 1. The number of aliphatic hydroxyl groups excluding tert-OH is 1. The van der Waals surface area contributed by atoms with Crippen LogP contribution in [-0.2, 0) is 4.74 Å². The molecule has 0 rings (SSSR count). The highest BCUT2D eigenvalue weighted by molar-refractivity contribution is 6.82. The number of rotatable bonds is 8. The van der Waals surface area contributed by atoms with E-state index in [1.165, 1.54) is 0 Å². The second-order valence-electron chi connectivity index (χ2n) is 7.96. The molecule has 0 fully saturated rings. The lowest BCUT2D eigenvalue weighted by atomic mass is 10.0. The van der Waals surface area contributed by atoms with Gasteiger partial charge in [-0.2, -0.15) is 0 Å². The lowest BCUT2D eigenvalue weighted by Crippen LogP contribution is -2.43. The Morgan fingerprint density at radius 2 is 1.61 bits per heavy atom. The summed E-state index contributed by atoms with van der Waals surface area (Å²) >= 11 is 0. The first-order chi connectivity index (χ1) is 10.4. The Hall–Kier alpha value is -0.813. The van der Waals surface area contributed by atoms with E-state index in [2.05, 4.69) is 26.6 Å². The zero-order valence-corrected chi connectivity index (χ0v) is 17.5. The van der Waals surface area contributed by atoms with E-state index in [0.29, 0.717) is 0 Å². The van der Waals surface area contributed by atoms with Crippen LogP contribution in [0, 0.1) is 5.92 Å². The Morgan fingerprint density at radius 1 is 1.13 bits per heavy atom. The summed E-state index contributed by atoms with van der Waals surface area (Å²) in [4.78, 5) is 14.3. The number of aliphatic hydroxyl groups is 1. The molecule has 136 valence electrons. The molecule has 0 aromatic carbocycles. The van der Waals surface area contributed by atoms with Crippen molar-refractivity contribution in [3.63, 3.8) is 0 Å². The molecule has 0 spiro atoms. The van der Waals surface area contributed by atoms with Crippen molar-refractivity contribution in [2.45, 2.75) is 92.2 Å². The van der Waals surface area contributed by atoms with Crippen LogP contribution in [0.25, 0.3) is 0 Å². The topological polar surface area (TPSA) is 49.8 Å². The second kappa shape index (κ2) is 9.47. The minimum absolute atomic E-state index is 0.0176. The quantitative estimate of drug-likeness (QED) is 0.509. The molecule has 5 heteroatoms. The number of hydrogen-bond acceptors (Lipinski definition) is 3. The molecular formula is C18H37NO3Si. The van der Waals surface area contributed by atoms with Crippen molar-refractivity contribution < 1.29 is 14.6 Å². The van der Waals surface area contributed by atoms with Crippen LogP contribution in [0.3, 0.4) is 0 Å². The largest absolute Gasteiger partial charge is 0.420 e. The summed E-state index contributed by atoms with van der Waals surface area (Å²) in [6.45, 7) is 18.5. The van der Waals surface area contributed by atoms with Crippen molar-refractivity contribution in [2.75, 3.05) is 0 Å². The van der Waals surface area contributed by atoms with Crippen molar-refractivity contribution in [3.05, 3.63) is 11.5 Å². The number of amides is 1. The maximum atomic E-state index is 12.6. The van der Waals surface area contributed by atoms with Crippen molar-refractivity contribution in [3.8, 4) is 0 Å². The van der Waals surface area contributed by atoms with Crippen molar-refractivity contribution >= 4 is 14.2 Å². The van der Waals surface area contributed by atoms with E-state index in [0.717, 1.165) is 18.2 Å². The van der Waals surface area contributed by atoms with Crippen LogP contribution in [0.5, 0.6) is 0 Å². The minimum Gasteiger partial charge on any atom is -0.420 e. The standard InChI is InChI=1S/C18H37NO3Si/c1-10-11-16(20)15(6)12-17(23(7,8)9)22-18(21)19(13(2)3)14(4)5/h12-16,20H,10-11H2,1-9H3/b17-12-/t15-,16+/m0/s1. The Bertz CT molecular complexity index is 392. The van der Waals surface area contributed by atoms with Crippen molar-refractivity contribution in [2.24, 2.45) is 5.92 Å². The summed E-state index contributed by atoms with van der Waals surface area (Å²) in [6, 6.07) is 0.182. The molecular weight excluding hydrogens is 306 g/mol. The number of hydrogen-bond donors (Lipinski definition) is 1. The van der Waals surface area contributed by atoms with Crippen molar-refractivity contribution in [1.29, 1.82) is 0 Å². The summed E-state index contributed by atoms with van der Waals surface area (Å²) in [5.41, 5.74) is 0. The van der Waals surface area contributed by atoms with E-state index in [9.17, 15) is 9.90 Å². The summed E-state index contributed by atoms with van der Waals surface area (Å²) in [5.74, 6) is -0.0176. The van der Waals surface area contributed by atoms with E-state index in [-0.39, 0.29) is 24.1 Å². The predicted molar refractivity (Wildman–Crippen MR) is 100 cm³/mol. The van der Waals surface area contributed by atoms with Gasteiger partial charge in [0.1, 0.15) is 8.07 Å². The van der Waals surface area contributed by atoms with Crippen LogP contribution < -0.4 is 0 Å². The molecule has 2 atom stereocenters. The molecule has 0 bridgehead atoms. The van der Waals surface area contributed by atoms with Gasteiger partial charge in [0.25, 0.3) is 0 Å². The molecule has 0 aliphatic heterocycles. The van der Waals surface area contributed by atoms with Crippen LogP contribution >= 0.6 is 0 Å². The fourth-order valence-electron chi connectivity index (χ4n) is 2.51. The number of carbonyl (C=O) groups is 1. The van der Waals surface area contributed by atoms with Crippen LogP contribution in [-0.4, -0.2) is 42.4 Å². The highest BCUT2D eigenvalue weighted by atomic mass is 28.3. The molecule has 4 nitrogen and oxygen atoms in total. The maximum absolute atomic E-state index is 12.6. The molecule has 0 aliphatic rings. The number of carbonyl (C=O) groups excluding carboxylic acids is 1. The first-order valence-electron chi connectivity index (χ1n) is 8.82. The fraction of sp³-hybridized carbons (Fsp3) is 0.833. The monoisotopic (exact) mass is 343 g/mol. The smallest absolute Gasteiger partial charge is 0.414 e. The van der Waals surface area contributed by atoms with E-state index in [1.54, 1.807) is 4.90 Å². The average molecular weight is 344 g/mol. The van der Waals surface area contributed by atoms with Crippen LogP contribution in [0.1, 0.15) is 54.4 Å². The SMILES string of the molecule is CCC[C@@H](O)[C@@H](C)/C=C(/OC(=O)N(C(C)C)C(C)C)[Si](C)(C)C. The molecule has 0 aromatic rings. The third-order valence-electron chi connectivity index (χ3n) is 3.87. The molecule has 1 amide bonds. The summed E-state index contributed by atoms with van der Waals surface area (Å²) in [7, 11) is -1.82. The molecule has 0 aromatic heterocycles. The molecule has 0 radical (unpaired) electrons. The van der Waals surface area contributed by atoms with Gasteiger partial charge in [0.2, 0.25) is 0 Å². The molecule has 1 N–H and O–H groups in total. The third-order valence-corrected chi connectivity index (χ3v) is 5.61. The Labute approximate surface area is 143 Å². The van der Waals surface area contributed by atoms with E-state index in [1.807, 2.05) is 40.7 Å². The summed E-state index contributed by atoms with van der Waals surface area (Å²) in [5, 5.41) is 10.9. The number of ether oxygens (including phenoxy) is 1.